The lowest BCUT2D eigenvalue weighted by Crippen LogP contribution is -2.24. The van der Waals surface area contributed by atoms with Gasteiger partial charge in [0.25, 0.3) is 0 Å². The first-order valence-corrected chi connectivity index (χ1v) is 6.39. The van der Waals surface area contributed by atoms with Crippen LogP contribution in [0.3, 0.4) is 0 Å². The number of nitrogens with one attached hydrogen (secondary N) is 1. The van der Waals surface area contributed by atoms with Gasteiger partial charge in [-0.05, 0) is 24.5 Å². The summed E-state index contributed by atoms with van der Waals surface area (Å²) in [4.78, 5) is 0.510. The Bertz CT molecular complexity index is 398. The zero-order valence-electron chi connectivity index (χ0n) is 9.66. The van der Waals surface area contributed by atoms with Gasteiger partial charge >= 0.3 is 6.18 Å². The summed E-state index contributed by atoms with van der Waals surface area (Å²) in [6, 6.07) is 3.94. The lowest BCUT2D eigenvalue weighted by Gasteiger charge is -2.17. The minimum absolute atomic E-state index is 0.104. The van der Waals surface area contributed by atoms with Crippen molar-refractivity contribution in [2.24, 2.45) is 0 Å². The highest BCUT2D eigenvalue weighted by atomic mass is 32.2. The SMILES string of the molecule is CSc1ccc(NCC(O)CO)c(C(F)(F)F)c1. The molecule has 102 valence electrons. The number of hydrogen-bond donors (Lipinski definition) is 3. The summed E-state index contributed by atoms with van der Waals surface area (Å²) in [5, 5.41) is 20.2. The van der Waals surface area contributed by atoms with Gasteiger partial charge in [-0.1, -0.05) is 0 Å². The molecule has 0 bridgehead atoms. The average Bonchev–Trinajstić information content (AvgIpc) is 2.34. The molecule has 0 saturated carbocycles. The van der Waals surface area contributed by atoms with E-state index in [0.717, 1.165) is 6.07 Å². The summed E-state index contributed by atoms with van der Waals surface area (Å²) in [6.07, 6.45) is -3.86. The third-order valence-electron chi connectivity index (χ3n) is 2.27. The summed E-state index contributed by atoms with van der Waals surface area (Å²) >= 11 is 1.22. The number of aliphatic hydroxyl groups excluding tert-OH is 2. The Labute approximate surface area is 107 Å². The van der Waals surface area contributed by atoms with Gasteiger partial charge < -0.3 is 15.5 Å². The van der Waals surface area contributed by atoms with Gasteiger partial charge in [0.15, 0.2) is 0 Å². The molecule has 0 aliphatic carbocycles. The molecule has 0 fully saturated rings. The number of halogens is 3. The first-order valence-electron chi connectivity index (χ1n) is 5.16. The number of anilines is 1. The molecule has 3 nitrogen and oxygen atoms in total. The zero-order chi connectivity index (χ0) is 13.8. The van der Waals surface area contributed by atoms with Crippen LogP contribution in [0.15, 0.2) is 23.1 Å². The van der Waals surface area contributed by atoms with Gasteiger partial charge in [0.2, 0.25) is 0 Å². The van der Waals surface area contributed by atoms with Gasteiger partial charge in [0, 0.05) is 17.1 Å². The van der Waals surface area contributed by atoms with E-state index >= 15 is 0 Å². The number of rotatable bonds is 5. The summed E-state index contributed by atoms with van der Waals surface area (Å²) in [5.74, 6) is 0. The topological polar surface area (TPSA) is 52.5 Å². The molecular formula is C11H14F3NO2S. The lowest BCUT2D eigenvalue weighted by molar-refractivity contribution is -0.137. The maximum absolute atomic E-state index is 12.8. The number of thioether (sulfide) groups is 1. The van der Waals surface area contributed by atoms with Crippen LogP contribution in [0.5, 0.6) is 0 Å². The van der Waals surface area contributed by atoms with Crippen LogP contribution in [0.25, 0.3) is 0 Å². The first kappa shape index (κ1) is 15.1. The molecule has 1 aromatic rings. The lowest BCUT2D eigenvalue weighted by atomic mass is 10.1. The van der Waals surface area contributed by atoms with Gasteiger partial charge in [-0.3, -0.25) is 0 Å². The number of hydrogen-bond acceptors (Lipinski definition) is 4. The van der Waals surface area contributed by atoms with Crippen LogP contribution in [0.4, 0.5) is 18.9 Å². The normalized spacial score (nSPS) is 13.4. The van der Waals surface area contributed by atoms with Crippen molar-refractivity contribution in [3.63, 3.8) is 0 Å². The predicted molar refractivity (Wildman–Crippen MR) is 64.8 cm³/mol. The van der Waals surface area contributed by atoms with Crippen LogP contribution < -0.4 is 5.32 Å². The van der Waals surface area contributed by atoms with E-state index in [9.17, 15) is 13.2 Å². The van der Waals surface area contributed by atoms with E-state index in [1.807, 2.05) is 0 Å². The highest BCUT2D eigenvalue weighted by Gasteiger charge is 2.33. The largest absolute Gasteiger partial charge is 0.418 e. The Morgan fingerprint density at radius 2 is 2.06 bits per heavy atom. The monoisotopic (exact) mass is 281 g/mol. The van der Waals surface area contributed by atoms with Gasteiger partial charge in [-0.25, -0.2) is 0 Å². The average molecular weight is 281 g/mol. The van der Waals surface area contributed by atoms with E-state index in [1.54, 1.807) is 12.3 Å². The molecule has 1 atom stereocenters. The summed E-state index contributed by atoms with van der Waals surface area (Å²) in [6.45, 7) is -0.643. The van der Waals surface area contributed by atoms with Crippen molar-refractivity contribution in [1.29, 1.82) is 0 Å². The summed E-state index contributed by atoms with van der Waals surface area (Å²) in [5.41, 5.74) is -0.882. The molecule has 0 saturated heterocycles. The Morgan fingerprint density at radius 1 is 1.39 bits per heavy atom. The molecule has 18 heavy (non-hydrogen) atoms. The smallest absolute Gasteiger partial charge is 0.394 e. The van der Waals surface area contributed by atoms with Crippen molar-refractivity contribution < 1.29 is 23.4 Å². The van der Waals surface area contributed by atoms with Gasteiger partial charge in [-0.2, -0.15) is 13.2 Å². The molecule has 0 aromatic heterocycles. The molecule has 0 heterocycles. The molecule has 0 spiro atoms. The molecule has 7 heteroatoms. The second-order valence-electron chi connectivity index (χ2n) is 3.63. The second-order valence-corrected chi connectivity index (χ2v) is 4.51. The van der Waals surface area contributed by atoms with Crippen molar-refractivity contribution in [2.45, 2.75) is 17.2 Å². The highest BCUT2D eigenvalue weighted by molar-refractivity contribution is 7.98. The van der Waals surface area contributed by atoms with E-state index < -0.39 is 24.5 Å². The summed E-state index contributed by atoms with van der Waals surface area (Å²) < 4.78 is 38.4. The van der Waals surface area contributed by atoms with Crippen molar-refractivity contribution in [2.75, 3.05) is 24.7 Å². The van der Waals surface area contributed by atoms with E-state index in [-0.39, 0.29) is 12.2 Å². The standard InChI is InChI=1S/C11H14F3NO2S/c1-18-8-2-3-10(15-5-7(17)6-16)9(4-8)11(12,13)14/h2-4,7,15-17H,5-6H2,1H3. The van der Waals surface area contributed by atoms with Crippen molar-refractivity contribution >= 4 is 17.4 Å². The van der Waals surface area contributed by atoms with Crippen LogP contribution in [0.2, 0.25) is 0 Å². The highest BCUT2D eigenvalue weighted by Crippen LogP contribution is 2.36. The Balaban J connectivity index is 2.96. The van der Waals surface area contributed by atoms with E-state index in [2.05, 4.69) is 5.32 Å². The molecule has 0 amide bonds. The van der Waals surface area contributed by atoms with Crippen LogP contribution in [0.1, 0.15) is 5.56 Å². The fourth-order valence-corrected chi connectivity index (χ4v) is 1.77. The first-order chi connectivity index (χ1) is 8.38. The molecular weight excluding hydrogens is 267 g/mol. The maximum atomic E-state index is 12.8. The molecule has 1 rings (SSSR count). The van der Waals surface area contributed by atoms with Crippen LogP contribution in [-0.2, 0) is 6.18 Å². The fraction of sp³-hybridized carbons (Fsp3) is 0.455. The Morgan fingerprint density at radius 3 is 2.56 bits per heavy atom. The van der Waals surface area contributed by atoms with E-state index in [4.69, 9.17) is 10.2 Å². The summed E-state index contributed by atoms with van der Waals surface area (Å²) in [7, 11) is 0. The van der Waals surface area contributed by atoms with Crippen LogP contribution >= 0.6 is 11.8 Å². The molecule has 0 aliphatic rings. The fourth-order valence-electron chi connectivity index (χ4n) is 1.33. The van der Waals surface area contributed by atoms with Crippen molar-refractivity contribution in [1.82, 2.24) is 0 Å². The number of alkyl halides is 3. The third kappa shape index (κ3) is 4.08. The van der Waals surface area contributed by atoms with Gasteiger partial charge in [0.1, 0.15) is 0 Å². The van der Waals surface area contributed by atoms with Crippen LogP contribution in [-0.4, -0.2) is 35.7 Å². The zero-order valence-corrected chi connectivity index (χ0v) is 10.5. The van der Waals surface area contributed by atoms with Crippen molar-refractivity contribution in [3.05, 3.63) is 23.8 Å². The van der Waals surface area contributed by atoms with Crippen LogP contribution in [0, 0.1) is 0 Å². The number of aliphatic hydroxyl groups is 2. The Hall–Kier alpha value is -0.920. The van der Waals surface area contributed by atoms with E-state index in [1.165, 1.54) is 17.8 Å². The molecule has 0 aliphatic heterocycles. The Kier molecular flexibility index (Phi) is 5.30. The molecule has 3 N–H and O–H groups in total. The number of benzene rings is 1. The van der Waals surface area contributed by atoms with Gasteiger partial charge in [0.05, 0.1) is 18.3 Å². The molecule has 1 aromatic carbocycles. The third-order valence-corrected chi connectivity index (χ3v) is 3.00. The minimum Gasteiger partial charge on any atom is -0.394 e. The van der Waals surface area contributed by atoms with E-state index in [0.29, 0.717) is 4.90 Å². The molecule has 0 radical (unpaired) electrons. The van der Waals surface area contributed by atoms with Gasteiger partial charge in [-0.15, -0.1) is 11.8 Å². The minimum atomic E-state index is -4.46. The maximum Gasteiger partial charge on any atom is 0.418 e. The second kappa shape index (κ2) is 6.31. The quantitative estimate of drug-likeness (QED) is 0.724. The van der Waals surface area contributed by atoms with Crippen molar-refractivity contribution in [3.8, 4) is 0 Å². The predicted octanol–water partition coefficient (Wildman–Crippen LogP) is 2.19. The molecule has 1 unspecified atom stereocenters.